The van der Waals surface area contributed by atoms with Crippen molar-refractivity contribution in [2.45, 2.75) is 12.6 Å². The van der Waals surface area contributed by atoms with Crippen LogP contribution in [0.2, 0.25) is 0 Å². The van der Waals surface area contributed by atoms with Gasteiger partial charge >= 0.3 is 6.03 Å². The Kier molecular flexibility index (Phi) is 4.53. The molecule has 7 nitrogen and oxygen atoms in total. The van der Waals surface area contributed by atoms with Crippen LogP contribution in [0.15, 0.2) is 18.3 Å². The maximum atomic E-state index is 11.7. The molecule has 1 aliphatic heterocycles. The topological polar surface area (TPSA) is 81.3 Å². The van der Waals surface area contributed by atoms with Gasteiger partial charge in [-0.3, -0.25) is 10.9 Å². The highest BCUT2D eigenvalue weighted by atomic mass is 16.2. The van der Waals surface area contributed by atoms with Crippen molar-refractivity contribution >= 4 is 11.8 Å². The highest BCUT2D eigenvalue weighted by Gasteiger charge is 2.15. The van der Waals surface area contributed by atoms with Gasteiger partial charge in [-0.1, -0.05) is 0 Å². The Morgan fingerprint density at radius 3 is 2.89 bits per heavy atom. The number of urea groups is 1. The van der Waals surface area contributed by atoms with Gasteiger partial charge < -0.3 is 15.5 Å². The minimum absolute atomic E-state index is 0.134. The Bertz CT molecular complexity index is 430. The molecule has 1 fully saturated rings. The van der Waals surface area contributed by atoms with Crippen molar-refractivity contribution in [3.05, 3.63) is 23.9 Å². The number of hydrazine groups is 1. The fourth-order valence-electron chi connectivity index (χ4n) is 1.80. The van der Waals surface area contributed by atoms with E-state index in [1.165, 1.54) is 0 Å². The van der Waals surface area contributed by atoms with Gasteiger partial charge in [-0.25, -0.2) is 9.78 Å². The van der Waals surface area contributed by atoms with Crippen LogP contribution in [0, 0.1) is 0 Å². The summed E-state index contributed by atoms with van der Waals surface area (Å²) in [5, 5.41) is 5.73. The molecule has 2 heterocycles. The summed E-state index contributed by atoms with van der Waals surface area (Å²) in [7, 11) is 3.87. The van der Waals surface area contributed by atoms with E-state index in [9.17, 15) is 4.79 Å². The molecule has 1 aromatic heterocycles. The summed E-state index contributed by atoms with van der Waals surface area (Å²) in [5.41, 5.74) is 6.95. The van der Waals surface area contributed by atoms with Crippen LogP contribution in [0.5, 0.6) is 0 Å². The fraction of sp³-hybridized carbons (Fsp3) is 0.500. The van der Waals surface area contributed by atoms with Crippen molar-refractivity contribution in [3.63, 3.8) is 0 Å². The molecule has 2 rings (SSSR count). The molecule has 1 aliphatic rings. The summed E-state index contributed by atoms with van der Waals surface area (Å²) in [6.07, 6.45) is 1.75. The molecule has 104 valence electrons. The molecule has 0 spiro atoms. The highest BCUT2D eigenvalue weighted by molar-refractivity contribution is 5.74. The first kappa shape index (κ1) is 13.6. The van der Waals surface area contributed by atoms with Crippen molar-refractivity contribution < 1.29 is 4.79 Å². The lowest BCUT2D eigenvalue weighted by Crippen LogP contribution is -2.44. The zero-order chi connectivity index (χ0) is 13.7. The number of aromatic nitrogens is 1. The quantitative estimate of drug-likeness (QED) is 0.585. The Balaban J connectivity index is 1.80. The second-order valence-corrected chi connectivity index (χ2v) is 4.70. The monoisotopic (exact) mass is 264 g/mol. The lowest BCUT2D eigenvalue weighted by Gasteiger charge is -2.14. The third-order valence-electron chi connectivity index (χ3n) is 2.88. The average molecular weight is 264 g/mol. The molecule has 1 saturated heterocycles. The van der Waals surface area contributed by atoms with Crippen molar-refractivity contribution in [2.75, 3.05) is 32.1 Å². The number of carbonyl (C=O) groups is 1. The van der Waals surface area contributed by atoms with Crippen LogP contribution in [0.1, 0.15) is 5.56 Å². The zero-order valence-electron chi connectivity index (χ0n) is 11.2. The van der Waals surface area contributed by atoms with Crippen molar-refractivity contribution in [1.29, 1.82) is 0 Å². The predicted octanol–water partition coefficient (Wildman–Crippen LogP) is -0.577. The van der Waals surface area contributed by atoms with E-state index in [2.05, 4.69) is 26.5 Å². The average Bonchev–Trinajstić information content (AvgIpc) is 2.89. The lowest BCUT2D eigenvalue weighted by atomic mass is 10.2. The smallest absolute Gasteiger partial charge is 0.315 e. The van der Waals surface area contributed by atoms with Crippen LogP contribution < -0.4 is 26.4 Å². The van der Waals surface area contributed by atoms with E-state index in [-0.39, 0.29) is 12.1 Å². The van der Waals surface area contributed by atoms with Crippen molar-refractivity contribution in [3.8, 4) is 0 Å². The lowest BCUT2D eigenvalue weighted by molar-refractivity contribution is 0.238. The number of amides is 2. The van der Waals surface area contributed by atoms with E-state index in [4.69, 9.17) is 0 Å². The largest absolute Gasteiger partial charge is 0.363 e. The first-order valence-electron chi connectivity index (χ1n) is 6.27. The fourth-order valence-corrected chi connectivity index (χ4v) is 1.80. The van der Waals surface area contributed by atoms with E-state index < -0.39 is 0 Å². The van der Waals surface area contributed by atoms with Gasteiger partial charge in [-0.05, 0) is 17.7 Å². The molecule has 0 unspecified atom stereocenters. The van der Waals surface area contributed by atoms with Crippen LogP contribution in [-0.4, -0.2) is 44.2 Å². The maximum Gasteiger partial charge on any atom is 0.315 e. The summed E-state index contributed by atoms with van der Waals surface area (Å²) in [5.74, 6) is 0.879. The minimum atomic E-state index is -0.154. The highest BCUT2D eigenvalue weighted by Crippen LogP contribution is 2.08. The third-order valence-corrected chi connectivity index (χ3v) is 2.88. The zero-order valence-corrected chi connectivity index (χ0v) is 11.2. The van der Waals surface area contributed by atoms with Crippen molar-refractivity contribution in [2.24, 2.45) is 0 Å². The minimum Gasteiger partial charge on any atom is -0.363 e. The summed E-state index contributed by atoms with van der Waals surface area (Å²) in [4.78, 5) is 17.8. The molecule has 4 N–H and O–H groups in total. The number of hydrogen-bond donors (Lipinski definition) is 4. The van der Waals surface area contributed by atoms with Crippen LogP contribution in [0.4, 0.5) is 10.6 Å². The number of rotatable bonds is 4. The Morgan fingerprint density at radius 2 is 2.21 bits per heavy atom. The number of anilines is 1. The number of nitrogens with zero attached hydrogens (tertiary/aromatic N) is 2. The van der Waals surface area contributed by atoms with Crippen LogP contribution in [0.25, 0.3) is 0 Å². The van der Waals surface area contributed by atoms with Gasteiger partial charge in [0.1, 0.15) is 5.82 Å². The molecule has 2 amide bonds. The first-order chi connectivity index (χ1) is 9.15. The van der Waals surface area contributed by atoms with E-state index in [1.54, 1.807) is 6.20 Å². The van der Waals surface area contributed by atoms with Crippen LogP contribution in [-0.2, 0) is 6.54 Å². The molecule has 0 aromatic carbocycles. The van der Waals surface area contributed by atoms with Gasteiger partial charge in [0.05, 0.1) is 6.04 Å². The Hall–Kier alpha value is -1.86. The molecule has 0 bridgehead atoms. The molecule has 19 heavy (non-hydrogen) atoms. The second-order valence-electron chi connectivity index (χ2n) is 4.70. The number of carbonyl (C=O) groups excluding carboxylic acids is 1. The van der Waals surface area contributed by atoms with Gasteiger partial charge in [-0.15, -0.1) is 0 Å². The molecule has 0 saturated carbocycles. The molecule has 1 aromatic rings. The predicted molar refractivity (Wildman–Crippen MR) is 73.7 cm³/mol. The van der Waals surface area contributed by atoms with Gasteiger partial charge in [0.15, 0.2) is 0 Å². The van der Waals surface area contributed by atoms with E-state index >= 15 is 0 Å². The second kappa shape index (κ2) is 6.35. The Morgan fingerprint density at radius 1 is 1.47 bits per heavy atom. The first-order valence-corrected chi connectivity index (χ1v) is 6.27. The van der Waals surface area contributed by atoms with E-state index in [0.717, 1.165) is 24.5 Å². The summed E-state index contributed by atoms with van der Waals surface area (Å²) in [6, 6.07) is 3.83. The van der Waals surface area contributed by atoms with E-state index in [1.807, 2.05) is 31.1 Å². The molecule has 0 aliphatic carbocycles. The standard InChI is InChI=1S/C12H20N6O/c1-18(2)11-5-9(3-4-13-11)6-14-12(19)17-10-7-15-16-8-10/h3-5,10,15-16H,6-8H2,1-2H3,(H2,14,17,19). The van der Waals surface area contributed by atoms with Gasteiger partial charge in [0.2, 0.25) is 0 Å². The molecule has 0 atom stereocenters. The number of pyridine rings is 1. The van der Waals surface area contributed by atoms with E-state index in [0.29, 0.717) is 6.54 Å². The molecular formula is C12H20N6O. The van der Waals surface area contributed by atoms with Crippen LogP contribution >= 0.6 is 0 Å². The Labute approximate surface area is 112 Å². The van der Waals surface area contributed by atoms with Crippen LogP contribution in [0.3, 0.4) is 0 Å². The number of hydrogen-bond acceptors (Lipinski definition) is 5. The van der Waals surface area contributed by atoms with Gasteiger partial charge in [0.25, 0.3) is 0 Å². The number of nitrogens with one attached hydrogen (secondary N) is 4. The molecule has 7 heteroatoms. The molecular weight excluding hydrogens is 244 g/mol. The summed E-state index contributed by atoms with van der Waals surface area (Å²) >= 11 is 0. The van der Waals surface area contributed by atoms with Gasteiger partial charge in [-0.2, -0.15) is 0 Å². The molecule has 0 radical (unpaired) electrons. The maximum absolute atomic E-state index is 11.7. The van der Waals surface area contributed by atoms with Gasteiger partial charge in [0, 0.05) is 39.9 Å². The normalized spacial score (nSPS) is 15.3. The summed E-state index contributed by atoms with van der Waals surface area (Å²) in [6.45, 7) is 1.98. The third kappa shape index (κ3) is 4.08. The SMILES string of the molecule is CN(C)c1cc(CNC(=O)NC2CNNC2)ccn1. The summed E-state index contributed by atoms with van der Waals surface area (Å²) < 4.78 is 0. The van der Waals surface area contributed by atoms with Crippen molar-refractivity contribution in [1.82, 2.24) is 26.5 Å².